The molecule has 2 rings (SSSR count). The summed E-state index contributed by atoms with van der Waals surface area (Å²) >= 11 is 3.44. The average molecular weight is 298 g/mol. The summed E-state index contributed by atoms with van der Waals surface area (Å²) in [6.45, 7) is 0.912. The molecule has 1 aliphatic carbocycles. The zero-order chi connectivity index (χ0) is 12.3. The molecule has 0 bridgehead atoms. The van der Waals surface area contributed by atoms with Crippen molar-refractivity contribution in [3.8, 4) is 0 Å². The van der Waals surface area contributed by atoms with Gasteiger partial charge in [0, 0.05) is 17.1 Å². The minimum Gasteiger partial charge on any atom is -0.391 e. The molecule has 0 heterocycles. The lowest BCUT2D eigenvalue weighted by atomic mass is 9.91. The van der Waals surface area contributed by atoms with E-state index in [-0.39, 0.29) is 6.10 Å². The van der Waals surface area contributed by atoms with Crippen LogP contribution in [0.3, 0.4) is 0 Å². The Bertz CT molecular complexity index is 352. The van der Waals surface area contributed by atoms with E-state index in [9.17, 15) is 5.11 Å². The van der Waals surface area contributed by atoms with Crippen molar-refractivity contribution in [1.82, 2.24) is 4.90 Å². The fourth-order valence-electron chi connectivity index (χ4n) is 2.60. The maximum atomic E-state index is 10.0. The quantitative estimate of drug-likeness (QED) is 0.926. The van der Waals surface area contributed by atoms with E-state index in [4.69, 9.17) is 0 Å². The summed E-state index contributed by atoms with van der Waals surface area (Å²) in [6, 6.07) is 8.74. The number of nitrogens with zero attached hydrogens (tertiary/aromatic N) is 1. The SMILES string of the molecule is CN(Cc1ccc(Br)cc1)[C@@H]1CCCC[C@H]1O. The van der Waals surface area contributed by atoms with Crippen LogP contribution in [0.5, 0.6) is 0 Å². The number of hydrogen-bond donors (Lipinski definition) is 1. The number of hydrogen-bond acceptors (Lipinski definition) is 2. The van der Waals surface area contributed by atoms with E-state index < -0.39 is 0 Å². The highest BCUT2D eigenvalue weighted by molar-refractivity contribution is 9.10. The molecule has 0 amide bonds. The summed E-state index contributed by atoms with van der Waals surface area (Å²) in [6.07, 6.45) is 4.34. The monoisotopic (exact) mass is 297 g/mol. The van der Waals surface area contributed by atoms with Crippen molar-refractivity contribution in [2.75, 3.05) is 7.05 Å². The van der Waals surface area contributed by atoms with Gasteiger partial charge in [0.15, 0.2) is 0 Å². The van der Waals surface area contributed by atoms with Crippen LogP contribution in [0.4, 0.5) is 0 Å². The molecule has 1 fully saturated rings. The second-order valence-corrected chi connectivity index (χ2v) is 5.88. The van der Waals surface area contributed by atoms with Gasteiger partial charge in [-0.15, -0.1) is 0 Å². The molecule has 1 aromatic carbocycles. The number of aliphatic hydroxyl groups is 1. The van der Waals surface area contributed by atoms with Crippen LogP contribution in [0.25, 0.3) is 0 Å². The molecular weight excluding hydrogens is 278 g/mol. The molecule has 0 aromatic heterocycles. The second-order valence-electron chi connectivity index (χ2n) is 4.96. The molecule has 0 saturated heterocycles. The topological polar surface area (TPSA) is 23.5 Å². The lowest BCUT2D eigenvalue weighted by molar-refractivity contribution is 0.0288. The predicted octanol–water partition coefficient (Wildman–Crippen LogP) is 3.18. The van der Waals surface area contributed by atoms with Gasteiger partial charge in [-0.1, -0.05) is 40.9 Å². The molecule has 3 heteroatoms. The molecule has 17 heavy (non-hydrogen) atoms. The molecule has 1 aromatic rings. The first kappa shape index (κ1) is 13.1. The first-order valence-corrected chi connectivity index (χ1v) is 7.09. The Hall–Kier alpha value is -0.380. The molecular formula is C14H20BrNO. The lowest BCUT2D eigenvalue weighted by Crippen LogP contribution is -2.42. The molecule has 0 radical (unpaired) electrons. The first-order chi connectivity index (χ1) is 8.16. The molecule has 2 atom stereocenters. The smallest absolute Gasteiger partial charge is 0.0695 e. The Morgan fingerprint density at radius 3 is 2.53 bits per heavy atom. The van der Waals surface area contributed by atoms with E-state index in [0.717, 1.165) is 23.9 Å². The Morgan fingerprint density at radius 2 is 1.88 bits per heavy atom. The minimum absolute atomic E-state index is 0.149. The normalized spacial score (nSPS) is 25.2. The predicted molar refractivity (Wildman–Crippen MR) is 73.9 cm³/mol. The largest absolute Gasteiger partial charge is 0.391 e. The molecule has 0 unspecified atom stereocenters. The average Bonchev–Trinajstić information content (AvgIpc) is 2.32. The van der Waals surface area contributed by atoms with E-state index in [1.807, 2.05) is 0 Å². The van der Waals surface area contributed by atoms with Crippen molar-refractivity contribution in [3.63, 3.8) is 0 Å². The van der Waals surface area contributed by atoms with Crippen molar-refractivity contribution in [1.29, 1.82) is 0 Å². The van der Waals surface area contributed by atoms with Gasteiger partial charge in [0.25, 0.3) is 0 Å². The Balaban J connectivity index is 1.95. The standard InChI is InChI=1S/C14H20BrNO/c1-16(13-4-2-3-5-14(13)17)10-11-6-8-12(15)9-7-11/h6-9,13-14,17H,2-5,10H2,1H3/t13-,14-/m1/s1. The van der Waals surface area contributed by atoms with Crippen LogP contribution >= 0.6 is 15.9 Å². The Morgan fingerprint density at radius 1 is 1.24 bits per heavy atom. The maximum Gasteiger partial charge on any atom is 0.0695 e. The molecule has 0 spiro atoms. The van der Waals surface area contributed by atoms with Gasteiger partial charge in [0.05, 0.1) is 6.10 Å². The van der Waals surface area contributed by atoms with E-state index in [1.165, 1.54) is 18.4 Å². The van der Waals surface area contributed by atoms with E-state index in [2.05, 4.69) is 52.1 Å². The minimum atomic E-state index is -0.149. The van der Waals surface area contributed by atoms with E-state index in [0.29, 0.717) is 6.04 Å². The van der Waals surface area contributed by atoms with E-state index >= 15 is 0 Å². The van der Waals surface area contributed by atoms with Crippen LogP contribution in [0.1, 0.15) is 31.2 Å². The zero-order valence-electron chi connectivity index (χ0n) is 10.3. The molecule has 1 saturated carbocycles. The van der Waals surface area contributed by atoms with Crippen LogP contribution in [-0.4, -0.2) is 29.2 Å². The summed E-state index contributed by atoms with van der Waals surface area (Å²) < 4.78 is 1.11. The van der Waals surface area contributed by atoms with Gasteiger partial charge in [-0.05, 0) is 37.6 Å². The third kappa shape index (κ3) is 3.54. The highest BCUT2D eigenvalue weighted by Gasteiger charge is 2.26. The number of benzene rings is 1. The van der Waals surface area contributed by atoms with Gasteiger partial charge in [-0.2, -0.15) is 0 Å². The summed E-state index contributed by atoms with van der Waals surface area (Å²) in [5.74, 6) is 0. The summed E-state index contributed by atoms with van der Waals surface area (Å²) in [7, 11) is 2.11. The van der Waals surface area contributed by atoms with Gasteiger partial charge in [-0.25, -0.2) is 0 Å². The van der Waals surface area contributed by atoms with Crippen molar-refractivity contribution in [3.05, 3.63) is 34.3 Å². The molecule has 1 N–H and O–H groups in total. The Labute approximate surface area is 112 Å². The highest BCUT2D eigenvalue weighted by Crippen LogP contribution is 2.23. The summed E-state index contributed by atoms with van der Waals surface area (Å²) in [5, 5.41) is 10.0. The maximum absolute atomic E-state index is 10.0. The molecule has 0 aliphatic heterocycles. The van der Waals surface area contributed by atoms with Crippen LogP contribution in [0.2, 0.25) is 0 Å². The van der Waals surface area contributed by atoms with Gasteiger partial charge in [0.1, 0.15) is 0 Å². The van der Waals surface area contributed by atoms with Gasteiger partial charge < -0.3 is 5.11 Å². The van der Waals surface area contributed by atoms with Crippen molar-refractivity contribution in [2.24, 2.45) is 0 Å². The number of rotatable bonds is 3. The highest BCUT2D eigenvalue weighted by atomic mass is 79.9. The number of aliphatic hydroxyl groups excluding tert-OH is 1. The van der Waals surface area contributed by atoms with Gasteiger partial charge >= 0.3 is 0 Å². The molecule has 94 valence electrons. The van der Waals surface area contributed by atoms with Crippen molar-refractivity contribution in [2.45, 2.75) is 44.4 Å². The first-order valence-electron chi connectivity index (χ1n) is 6.29. The van der Waals surface area contributed by atoms with E-state index in [1.54, 1.807) is 0 Å². The van der Waals surface area contributed by atoms with Crippen molar-refractivity contribution >= 4 is 15.9 Å². The third-order valence-electron chi connectivity index (χ3n) is 3.61. The number of likely N-dealkylation sites (N-methyl/N-ethyl adjacent to an activating group) is 1. The fourth-order valence-corrected chi connectivity index (χ4v) is 2.87. The fraction of sp³-hybridized carbons (Fsp3) is 0.571. The summed E-state index contributed by atoms with van der Waals surface area (Å²) in [5.41, 5.74) is 1.30. The zero-order valence-corrected chi connectivity index (χ0v) is 11.9. The van der Waals surface area contributed by atoms with Crippen LogP contribution in [-0.2, 0) is 6.54 Å². The van der Waals surface area contributed by atoms with Crippen LogP contribution < -0.4 is 0 Å². The van der Waals surface area contributed by atoms with Crippen LogP contribution in [0.15, 0.2) is 28.7 Å². The van der Waals surface area contributed by atoms with Crippen molar-refractivity contribution < 1.29 is 5.11 Å². The van der Waals surface area contributed by atoms with Crippen LogP contribution in [0, 0.1) is 0 Å². The second kappa shape index (κ2) is 5.98. The Kier molecular flexibility index (Phi) is 4.60. The third-order valence-corrected chi connectivity index (χ3v) is 4.13. The summed E-state index contributed by atoms with van der Waals surface area (Å²) in [4.78, 5) is 2.28. The molecule has 2 nitrogen and oxygen atoms in total. The van der Waals surface area contributed by atoms with Gasteiger partial charge in [0.2, 0.25) is 0 Å². The lowest BCUT2D eigenvalue weighted by Gasteiger charge is -2.35. The number of halogens is 1. The van der Waals surface area contributed by atoms with Gasteiger partial charge in [-0.3, -0.25) is 4.90 Å². The molecule has 1 aliphatic rings.